The highest BCUT2D eigenvalue weighted by Crippen LogP contribution is 2.47. The lowest BCUT2D eigenvalue weighted by molar-refractivity contribution is -0.137. The van der Waals surface area contributed by atoms with Gasteiger partial charge in [0.25, 0.3) is 0 Å². The standard InChI is InChI=1S/C36H34F5NO/c37-28-16-12-25(13-17-28)33-29(21-30(38)24-10-14-27(15-11-24)36(39,40)41)35(26-8-4-5-9-26)42-31-19-23(20-32(43)34(31)33)18-22-6-2-1-3-7-22/h1-3,6-7,10-17,23,26,30,32,43H,4-5,8-9,18-21H2. The average Bonchev–Trinajstić information content (AvgIpc) is 3.53. The minimum Gasteiger partial charge on any atom is -0.388 e. The molecule has 1 N–H and O–H groups in total. The number of aromatic nitrogens is 1. The molecule has 1 saturated carbocycles. The van der Waals surface area contributed by atoms with Gasteiger partial charge in [0.2, 0.25) is 0 Å². The number of pyridine rings is 1. The summed E-state index contributed by atoms with van der Waals surface area (Å²) in [5.41, 5.74) is 4.79. The maximum Gasteiger partial charge on any atom is 0.416 e. The topological polar surface area (TPSA) is 33.1 Å². The van der Waals surface area contributed by atoms with Crippen molar-refractivity contribution in [1.29, 1.82) is 0 Å². The van der Waals surface area contributed by atoms with E-state index in [0.717, 1.165) is 55.6 Å². The first kappa shape index (κ1) is 29.5. The van der Waals surface area contributed by atoms with Gasteiger partial charge < -0.3 is 5.11 Å². The zero-order chi connectivity index (χ0) is 30.1. The number of fused-ring (bicyclic) bond motifs is 1. The number of hydrogen-bond donors (Lipinski definition) is 1. The van der Waals surface area contributed by atoms with Crippen LogP contribution in [0.15, 0.2) is 78.9 Å². The Morgan fingerprint density at radius 3 is 2.21 bits per heavy atom. The Hall–Kier alpha value is -3.58. The molecule has 43 heavy (non-hydrogen) atoms. The quantitative estimate of drug-likeness (QED) is 0.217. The van der Waals surface area contributed by atoms with E-state index in [4.69, 9.17) is 4.98 Å². The molecule has 1 heterocycles. The van der Waals surface area contributed by atoms with E-state index in [-0.39, 0.29) is 23.8 Å². The Labute approximate surface area is 248 Å². The van der Waals surface area contributed by atoms with Gasteiger partial charge in [0.15, 0.2) is 0 Å². The molecule has 0 spiro atoms. The van der Waals surface area contributed by atoms with Crippen molar-refractivity contribution in [3.8, 4) is 11.1 Å². The second-order valence-electron chi connectivity index (χ2n) is 12.0. The predicted octanol–water partition coefficient (Wildman–Crippen LogP) is 9.66. The van der Waals surface area contributed by atoms with Crippen LogP contribution in [0.4, 0.5) is 22.0 Å². The van der Waals surface area contributed by atoms with Gasteiger partial charge in [-0.05, 0) is 90.1 Å². The number of rotatable bonds is 7. The highest BCUT2D eigenvalue weighted by atomic mass is 19.4. The molecule has 224 valence electrons. The van der Waals surface area contributed by atoms with Gasteiger partial charge in [0, 0.05) is 29.3 Å². The van der Waals surface area contributed by atoms with Crippen molar-refractivity contribution < 1.29 is 27.1 Å². The SMILES string of the molecule is OC1CC(Cc2ccccc2)Cc2nc(C3CCCC3)c(CC(F)c3ccc(C(F)(F)F)cc3)c(-c3ccc(F)cc3)c21. The molecule has 2 aliphatic rings. The largest absolute Gasteiger partial charge is 0.416 e. The second kappa shape index (κ2) is 12.2. The molecule has 7 heteroatoms. The Kier molecular flexibility index (Phi) is 8.36. The third-order valence-corrected chi connectivity index (χ3v) is 9.04. The van der Waals surface area contributed by atoms with Crippen LogP contribution in [0.1, 0.15) is 89.5 Å². The summed E-state index contributed by atoms with van der Waals surface area (Å²) in [4.78, 5) is 5.18. The number of nitrogens with zero attached hydrogens (tertiary/aromatic N) is 1. The average molecular weight is 592 g/mol. The molecule has 4 aromatic rings. The number of benzene rings is 3. The van der Waals surface area contributed by atoms with Crippen LogP contribution in [-0.2, 0) is 25.4 Å². The third kappa shape index (κ3) is 6.37. The second-order valence-corrected chi connectivity index (χ2v) is 12.0. The van der Waals surface area contributed by atoms with Crippen molar-refractivity contribution >= 4 is 0 Å². The van der Waals surface area contributed by atoms with Gasteiger partial charge >= 0.3 is 6.18 Å². The summed E-state index contributed by atoms with van der Waals surface area (Å²) in [5.74, 6) is -0.117. The van der Waals surface area contributed by atoms with Gasteiger partial charge in [-0.25, -0.2) is 8.78 Å². The molecular formula is C36H34F5NO. The lowest BCUT2D eigenvalue weighted by Gasteiger charge is -2.33. The first-order valence-electron chi connectivity index (χ1n) is 15.0. The van der Waals surface area contributed by atoms with Gasteiger partial charge in [0.05, 0.1) is 11.7 Å². The predicted molar refractivity (Wildman–Crippen MR) is 157 cm³/mol. The first-order chi connectivity index (χ1) is 20.7. The summed E-state index contributed by atoms with van der Waals surface area (Å²) >= 11 is 0. The number of alkyl halides is 4. The van der Waals surface area contributed by atoms with Crippen LogP contribution in [0.5, 0.6) is 0 Å². The van der Waals surface area contributed by atoms with E-state index in [9.17, 15) is 22.7 Å². The van der Waals surface area contributed by atoms with Crippen LogP contribution >= 0.6 is 0 Å². The molecule has 1 aromatic heterocycles. The molecular weight excluding hydrogens is 557 g/mol. The molecule has 0 radical (unpaired) electrons. The van der Waals surface area contributed by atoms with E-state index >= 15 is 4.39 Å². The van der Waals surface area contributed by atoms with E-state index in [1.807, 2.05) is 18.2 Å². The van der Waals surface area contributed by atoms with Gasteiger partial charge in [-0.15, -0.1) is 0 Å². The number of aliphatic hydroxyl groups is 1. The minimum absolute atomic E-state index is 0.107. The summed E-state index contributed by atoms with van der Waals surface area (Å²) in [6.45, 7) is 0. The molecule has 6 rings (SSSR count). The molecule has 0 amide bonds. The van der Waals surface area contributed by atoms with Crippen LogP contribution in [-0.4, -0.2) is 10.1 Å². The van der Waals surface area contributed by atoms with Crippen molar-refractivity contribution in [3.63, 3.8) is 0 Å². The summed E-state index contributed by atoms with van der Waals surface area (Å²) in [5, 5.41) is 11.6. The normalized spacial score (nSPS) is 19.8. The van der Waals surface area contributed by atoms with Crippen molar-refractivity contribution in [2.45, 2.75) is 75.7 Å². The first-order valence-corrected chi connectivity index (χ1v) is 15.0. The third-order valence-electron chi connectivity index (χ3n) is 9.04. The highest BCUT2D eigenvalue weighted by Gasteiger charge is 2.35. The van der Waals surface area contributed by atoms with E-state index in [2.05, 4.69) is 12.1 Å². The van der Waals surface area contributed by atoms with Gasteiger partial charge in [-0.3, -0.25) is 4.98 Å². The Bertz CT molecular complexity index is 1540. The monoisotopic (exact) mass is 591 g/mol. The van der Waals surface area contributed by atoms with Crippen LogP contribution in [0.2, 0.25) is 0 Å². The van der Waals surface area contributed by atoms with E-state index < -0.39 is 29.8 Å². The molecule has 2 nitrogen and oxygen atoms in total. The lowest BCUT2D eigenvalue weighted by atomic mass is 9.76. The lowest BCUT2D eigenvalue weighted by Crippen LogP contribution is -2.25. The fraction of sp³-hybridized carbons (Fsp3) is 0.361. The number of halogens is 5. The minimum atomic E-state index is -4.51. The molecule has 0 bridgehead atoms. The van der Waals surface area contributed by atoms with Gasteiger partial charge in [-0.2, -0.15) is 13.2 Å². The number of hydrogen-bond acceptors (Lipinski definition) is 2. The van der Waals surface area contributed by atoms with Crippen molar-refractivity contribution in [3.05, 3.63) is 124 Å². The molecule has 3 unspecified atom stereocenters. The van der Waals surface area contributed by atoms with Crippen molar-refractivity contribution in [2.75, 3.05) is 0 Å². The molecule has 0 aliphatic heterocycles. The van der Waals surface area contributed by atoms with Crippen LogP contribution in [0.3, 0.4) is 0 Å². The van der Waals surface area contributed by atoms with Crippen LogP contribution in [0.25, 0.3) is 11.1 Å². The molecule has 3 aromatic carbocycles. The maximum atomic E-state index is 16.1. The van der Waals surface area contributed by atoms with E-state index in [0.29, 0.717) is 35.1 Å². The number of aliphatic hydroxyl groups excluding tert-OH is 1. The van der Waals surface area contributed by atoms with Crippen molar-refractivity contribution in [1.82, 2.24) is 4.98 Å². The van der Waals surface area contributed by atoms with Crippen LogP contribution in [0, 0.1) is 11.7 Å². The fourth-order valence-corrected chi connectivity index (χ4v) is 6.98. The van der Waals surface area contributed by atoms with E-state index in [1.54, 1.807) is 12.1 Å². The van der Waals surface area contributed by atoms with Crippen LogP contribution < -0.4 is 0 Å². The Morgan fingerprint density at radius 1 is 0.884 bits per heavy atom. The summed E-state index contributed by atoms with van der Waals surface area (Å²) < 4.78 is 69.6. The highest BCUT2D eigenvalue weighted by molar-refractivity contribution is 5.74. The smallest absolute Gasteiger partial charge is 0.388 e. The molecule has 3 atom stereocenters. The molecule has 2 aliphatic carbocycles. The summed E-state index contributed by atoms with van der Waals surface area (Å²) in [7, 11) is 0. The fourth-order valence-electron chi connectivity index (χ4n) is 6.98. The molecule has 0 saturated heterocycles. The Morgan fingerprint density at radius 2 is 1.56 bits per heavy atom. The summed E-state index contributed by atoms with van der Waals surface area (Å²) in [6.07, 6.45) is -1.19. The zero-order valence-electron chi connectivity index (χ0n) is 23.8. The Balaban J connectivity index is 1.46. The molecule has 1 fully saturated rings. The van der Waals surface area contributed by atoms with Gasteiger partial charge in [0.1, 0.15) is 12.0 Å². The maximum absolute atomic E-state index is 16.1. The summed E-state index contributed by atoms with van der Waals surface area (Å²) in [6, 6.07) is 20.4. The zero-order valence-corrected chi connectivity index (χ0v) is 23.8. The van der Waals surface area contributed by atoms with Crippen molar-refractivity contribution in [2.24, 2.45) is 5.92 Å². The van der Waals surface area contributed by atoms with Gasteiger partial charge in [-0.1, -0.05) is 67.4 Å². The van der Waals surface area contributed by atoms with E-state index in [1.165, 1.54) is 29.8 Å².